The van der Waals surface area contributed by atoms with Crippen molar-refractivity contribution in [2.45, 2.75) is 13.5 Å². The number of hydrogen-bond acceptors (Lipinski definition) is 5. The van der Waals surface area contributed by atoms with E-state index in [1.165, 1.54) is 12.1 Å². The van der Waals surface area contributed by atoms with Gasteiger partial charge < -0.3 is 15.1 Å². The molecular weight excluding hydrogens is 337 g/mol. The molecule has 0 spiro atoms. The molecule has 1 aliphatic heterocycles. The second-order valence-electron chi connectivity index (χ2n) is 6.13. The molecule has 1 aliphatic rings. The highest BCUT2D eigenvalue weighted by Crippen LogP contribution is 2.11. The fraction of sp³-hybridized carbons (Fsp3) is 0.333. The first-order chi connectivity index (χ1) is 12.5. The van der Waals surface area contributed by atoms with E-state index in [0.717, 1.165) is 12.0 Å². The Morgan fingerprint density at radius 2 is 1.88 bits per heavy atom. The number of anilines is 1. The molecule has 1 aromatic carbocycles. The van der Waals surface area contributed by atoms with Crippen molar-refractivity contribution in [1.29, 1.82) is 0 Å². The molecule has 0 saturated carbocycles. The number of carbonyl (C=O) groups is 2. The van der Waals surface area contributed by atoms with Crippen LogP contribution < -0.4 is 5.32 Å². The first kappa shape index (κ1) is 17.8. The summed E-state index contributed by atoms with van der Waals surface area (Å²) >= 11 is 0. The van der Waals surface area contributed by atoms with Gasteiger partial charge in [-0.25, -0.2) is 14.4 Å². The largest absolute Gasteiger partial charge is 0.350 e. The van der Waals surface area contributed by atoms with Gasteiger partial charge in [-0.05, 0) is 30.7 Å². The van der Waals surface area contributed by atoms with Crippen LogP contribution in [-0.4, -0.2) is 58.3 Å². The fourth-order valence-corrected chi connectivity index (χ4v) is 2.73. The lowest BCUT2D eigenvalue weighted by atomic mass is 10.2. The zero-order valence-electron chi connectivity index (χ0n) is 14.5. The van der Waals surface area contributed by atoms with Crippen molar-refractivity contribution in [3.8, 4) is 0 Å². The molecule has 0 radical (unpaired) electrons. The molecule has 2 aromatic rings. The quantitative estimate of drug-likeness (QED) is 0.820. The van der Waals surface area contributed by atoms with Crippen molar-refractivity contribution in [2.24, 2.45) is 0 Å². The highest BCUT2D eigenvalue weighted by molar-refractivity contribution is 5.92. The zero-order valence-corrected chi connectivity index (χ0v) is 14.5. The van der Waals surface area contributed by atoms with Gasteiger partial charge in [-0.15, -0.1) is 0 Å². The van der Waals surface area contributed by atoms with E-state index in [2.05, 4.69) is 15.3 Å². The molecule has 3 rings (SSSR count). The Morgan fingerprint density at radius 3 is 2.54 bits per heavy atom. The van der Waals surface area contributed by atoms with Gasteiger partial charge in [-0.2, -0.15) is 0 Å². The van der Waals surface area contributed by atoms with Crippen molar-refractivity contribution in [3.63, 3.8) is 0 Å². The number of rotatable bonds is 5. The van der Waals surface area contributed by atoms with Gasteiger partial charge in [0.25, 0.3) is 5.91 Å². The average Bonchev–Trinajstić information content (AvgIpc) is 2.66. The lowest BCUT2D eigenvalue weighted by molar-refractivity contribution is -0.119. The molecule has 0 bridgehead atoms. The maximum absolute atomic E-state index is 13.0. The Labute approximate surface area is 150 Å². The van der Waals surface area contributed by atoms with Crippen molar-refractivity contribution < 1.29 is 14.0 Å². The number of carbonyl (C=O) groups excluding carboxylic acids is 2. The maximum atomic E-state index is 13.0. The molecule has 1 aromatic heterocycles. The Bertz CT molecular complexity index is 789. The van der Waals surface area contributed by atoms with Crippen LogP contribution in [0.5, 0.6) is 0 Å². The van der Waals surface area contributed by atoms with E-state index in [-0.39, 0.29) is 11.7 Å². The van der Waals surface area contributed by atoms with Gasteiger partial charge in [0.05, 0.1) is 0 Å². The number of piperazine rings is 1. The standard InChI is InChI=1S/C18H20FN5O2/c1-13-10-16(17(26)24-8-6-23(12-25)7-9-24)22-18(21-13)20-11-14-2-4-15(19)5-3-14/h2-5,10,12H,6-9,11H2,1H3,(H,20,21,22). The molecule has 0 aliphatic carbocycles. The number of benzene rings is 1. The number of amides is 2. The third-order valence-corrected chi connectivity index (χ3v) is 4.19. The highest BCUT2D eigenvalue weighted by Gasteiger charge is 2.23. The second-order valence-corrected chi connectivity index (χ2v) is 6.13. The lowest BCUT2D eigenvalue weighted by Gasteiger charge is -2.32. The molecule has 0 atom stereocenters. The van der Waals surface area contributed by atoms with Crippen LogP contribution in [0.1, 0.15) is 21.7 Å². The van der Waals surface area contributed by atoms with E-state index >= 15 is 0 Å². The summed E-state index contributed by atoms with van der Waals surface area (Å²) in [6.45, 7) is 4.24. The minimum atomic E-state index is -0.289. The predicted molar refractivity (Wildman–Crippen MR) is 94.0 cm³/mol. The minimum Gasteiger partial charge on any atom is -0.350 e. The van der Waals surface area contributed by atoms with E-state index in [1.807, 2.05) is 0 Å². The van der Waals surface area contributed by atoms with Crippen LogP contribution in [0.4, 0.5) is 10.3 Å². The van der Waals surface area contributed by atoms with Gasteiger partial charge >= 0.3 is 0 Å². The van der Waals surface area contributed by atoms with E-state index in [4.69, 9.17) is 0 Å². The van der Waals surface area contributed by atoms with Crippen molar-refractivity contribution in [1.82, 2.24) is 19.8 Å². The molecule has 1 saturated heterocycles. The molecule has 8 heteroatoms. The lowest BCUT2D eigenvalue weighted by Crippen LogP contribution is -2.48. The van der Waals surface area contributed by atoms with Gasteiger partial charge in [-0.3, -0.25) is 9.59 Å². The summed E-state index contributed by atoms with van der Waals surface area (Å²) in [5.41, 5.74) is 1.88. The molecular formula is C18H20FN5O2. The average molecular weight is 357 g/mol. The van der Waals surface area contributed by atoms with Gasteiger partial charge in [0.2, 0.25) is 12.4 Å². The van der Waals surface area contributed by atoms with Crippen molar-refractivity contribution in [2.75, 3.05) is 31.5 Å². The number of hydrogen-bond donors (Lipinski definition) is 1. The highest BCUT2D eigenvalue weighted by atomic mass is 19.1. The molecule has 26 heavy (non-hydrogen) atoms. The third-order valence-electron chi connectivity index (χ3n) is 4.19. The third kappa shape index (κ3) is 4.33. The van der Waals surface area contributed by atoms with Gasteiger partial charge in [0.15, 0.2) is 0 Å². The molecule has 2 amide bonds. The molecule has 136 valence electrons. The normalized spacial score (nSPS) is 14.2. The monoisotopic (exact) mass is 357 g/mol. The van der Waals surface area contributed by atoms with Crippen LogP contribution in [0.3, 0.4) is 0 Å². The zero-order chi connectivity index (χ0) is 18.5. The predicted octanol–water partition coefficient (Wildman–Crippen LogP) is 1.45. The van der Waals surface area contributed by atoms with Crippen LogP contribution in [0, 0.1) is 12.7 Å². The van der Waals surface area contributed by atoms with Crippen LogP contribution in [0.2, 0.25) is 0 Å². The van der Waals surface area contributed by atoms with E-state index in [9.17, 15) is 14.0 Å². The summed E-state index contributed by atoms with van der Waals surface area (Å²) in [6.07, 6.45) is 0.800. The summed E-state index contributed by atoms with van der Waals surface area (Å²) in [7, 11) is 0. The van der Waals surface area contributed by atoms with E-state index < -0.39 is 0 Å². The number of nitrogens with zero attached hydrogens (tertiary/aromatic N) is 4. The first-order valence-corrected chi connectivity index (χ1v) is 8.38. The Morgan fingerprint density at radius 1 is 1.19 bits per heavy atom. The second kappa shape index (κ2) is 7.90. The van der Waals surface area contributed by atoms with Gasteiger partial charge in [-0.1, -0.05) is 12.1 Å². The first-order valence-electron chi connectivity index (χ1n) is 8.38. The Hall–Kier alpha value is -3.03. The summed E-state index contributed by atoms with van der Waals surface area (Å²) in [5.74, 6) is -0.113. The molecule has 1 N–H and O–H groups in total. The number of aromatic nitrogens is 2. The van der Waals surface area contributed by atoms with Crippen molar-refractivity contribution in [3.05, 3.63) is 53.1 Å². The molecule has 0 unspecified atom stereocenters. The van der Waals surface area contributed by atoms with Gasteiger partial charge in [0, 0.05) is 38.4 Å². The van der Waals surface area contributed by atoms with Crippen molar-refractivity contribution >= 4 is 18.3 Å². The smallest absolute Gasteiger partial charge is 0.272 e. The maximum Gasteiger partial charge on any atom is 0.272 e. The SMILES string of the molecule is Cc1cc(C(=O)N2CCN(C=O)CC2)nc(NCc2ccc(F)cc2)n1. The topological polar surface area (TPSA) is 78.4 Å². The summed E-state index contributed by atoms with van der Waals surface area (Å²) in [5, 5.41) is 3.07. The van der Waals surface area contributed by atoms with E-state index in [1.54, 1.807) is 34.9 Å². The fourth-order valence-electron chi connectivity index (χ4n) is 2.73. The summed E-state index contributed by atoms with van der Waals surface area (Å²) < 4.78 is 13.0. The van der Waals surface area contributed by atoms with Gasteiger partial charge in [0.1, 0.15) is 11.5 Å². The van der Waals surface area contributed by atoms with Crippen LogP contribution in [0.25, 0.3) is 0 Å². The van der Waals surface area contributed by atoms with Crippen LogP contribution >= 0.6 is 0 Å². The molecule has 1 fully saturated rings. The minimum absolute atomic E-state index is 0.175. The number of aryl methyl sites for hydroxylation is 1. The van der Waals surface area contributed by atoms with Crippen LogP contribution in [-0.2, 0) is 11.3 Å². The van der Waals surface area contributed by atoms with E-state index in [0.29, 0.717) is 50.1 Å². The Kier molecular flexibility index (Phi) is 5.40. The number of nitrogens with one attached hydrogen (secondary N) is 1. The summed E-state index contributed by atoms with van der Waals surface area (Å²) in [4.78, 5) is 35.4. The van der Waals surface area contributed by atoms with Crippen LogP contribution in [0.15, 0.2) is 30.3 Å². The number of halogens is 1. The molecule has 2 heterocycles. The Balaban J connectivity index is 1.67. The molecule has 7 nitrogen and oxygen atoms in total. The summed E-state index contributed by atoms with van der Waals surface area (Å²) in [6, 6.07) is 7.79.